The molecule has 0 unspecified atom stereocenters. The van der Waals surface area contributed by atoms with Gasteiger partial charge in [0.15, 0.2) is 0 Å². The number of amides is 1. The summed E-state index contributed by atoms with van der Waals surface area (Å²) in [6.45, 7) is 2.09. The molecule has 2 atom stereocenters. The van der Waals surface area contributed by atoms with E-state index in [-0.39, 0.29) is 36.3 Å². The maximum atomic E-state index is 14.0. The van der Waals surface area contributed by atoms with Gasteiger partial charge in [-0.3, -0.25) is 14.6 Å². The van der Waals surface area contributed by atoms with Crippen LogP contribution in [0.1, 0.15) is 28.9 Å². The number of halogens is 2. The average molecular weight is 388 g/mol. The molecule has 4 heterocycles. The van der Waals surface area contributed by atoms with Crippen LogP contribution in [0.2, 0.25) is 0 Å². The fourth-order valence-electron chi connectivity index (χ4n) is 4.40. The number of hydrogen-bond donors (Lipinski definition) is 1. The summed E-state index contributed by atoms with van der Waals surface area (Å²) in [7, 11) is 0. The van der Waals surface area contributed by atoms with E-state index in [1.54, 1.807) is 25.3 Å². The largest absolute Gasteiger partial charge is 0.338 e. The molecule has 28 heavy (non-hydrogen) atoms. The summed E-state index contributed by atoms with van der Waals surface area (Å²) in [5, 5.41) is 8.49. The van der Waals surface area contributed by atoms with Gasteiger partial charge in [0.05, 0.1) is 17.5 Å². The Balaban J connectivity index is 1.45. The molecule has 0 aromatic carbocycles. The zero-order valence-electron chi connectivity index (χ0n) is 15.1. The lowest BCUT2D eigenvalue weighted by atomic mass is 9.99. The zero-order valence-corrected chi connectivity index (χ0v) is 15.1. The van der Waals surface area contributed by atoms with Crippen LogP contribution in [0.4, 0.5) is 8.78 Å². The number of carbonyl (C=O) groups excluding carboxylic acids is 1. The molecular formula is C18H18F2N6O2. The van der Waals surface area contributed by atoms with Crippen molar-refractivity contribution in [2.45, 2.75) is 25.7 Å². The number of likely N-dealkylation sites (tertiary alicyclic amines) is 1. The molecular weight excluding hydrogens is 370 g/mol. The Kier molecular flexibility index (Phi) is 3.49. The van der Waals surface area contributed by atoms with Crippen LogP contribution in [-0.4, -0.2) is 54.2 Å². The number of hydrogen-bond acceptors (Lipinski definition) is 4. The van der Waals surface area contributed by atoms with E-state index in [2.05, 4.69) is 15.2 Å². The van der Waals surface area contributed by atoms with Gasteiger partial charge in [-0.05, 0) is 31.4 Å². The van der Waals surface area contributed by atoms with E-state index in [0.29, 0.717) is 29.7 Å². The van der Waals surface area contributed by atoms with E-state index in [1.165, 1.54) is 20.3 Å². The van der Waals surface area contributed by atoms with Crippen LogP contribution in [0.5, 0.6) is 0 Å². The molecule has 8 nitrogen and oxygen atoms in total. The molecule has 3 aromatic rings. The smallest absolute Gasteiger partial charge is 0.276 e. The van der Waals surface area contributed by atoms with Crippen molar-refractivity contribution in [3.05, 3.63) is 46.1 Å². The summed E-state index contributed by atoms with van der Waals surface area (Å²) in [6, 6.07) is 3.34. The van der Waals surface area contributed by atoms with E-state index >= 15 is 0 Å². The van der Waals surface area contributed by atoms with Gasteiger partial charge in [-0.15, -0.1) is 5.10 Å². The first-order valence-corrected chi connectivity index (χ1v) is 9.15. The highest BCUT2D eigenvalue weighted by molar-refractivity contribution is 5.95. The third-order valence-corrected chi connectivity index (χ3v) is 5.95. The topological polar surface area (TPSA) is 88.3 Å². The van der Waals surface area contributed by atoms with Crippen LogP contribution in [0.3, 0.4) is 0 Å². The highest BCUT2D eigenvalue weighted by Crippen LogP contribution is 2.48. The Hall–Kier alpha value is -3.04. The first kappa shape index (κ1) is 17.1. The number of rotatable bonds is 2. The zero-order chi connectivity index (χ0) is 19.6. The fourth-order valence-corrected chi connectivity index (χ4v) is 4.40. The van der Waals surface area contributed by atoms with Gasteiger partial charge in [0.1, 0.15) is 5.52 Å². The average Bonchev–Trinajstić information content (AvgIpc) is 3.40. The number of aromatic amines is 1. The Morgan fingerprint density at radius 2 is 2.18 bits per heavy atom. The lowest BCUT2D eigenvalue weighted by molar-refractivity contribution is -0.0389. The summed E-state index contributed by atoms with van der Waals surface area (Å²) >= 11 is 0. The molecule has 0 bridgehead atoms. The number of nitrogens with zero attached hydrogens (tertiary/aromatic N) is 5. The molecule has 2 fully saturated rings. The summed E-state index contributed by atoms with van der Waals surface area (Å²) in [4.78, 5) is 29.2. The van der Waals surface area contributed by atoms with Crippen molar-refractivity contribution in [1.82, 2.24) is 29.3 Å². The molecule has 2 aliphatic rings. The number of fused-ring (bicyclic) bond motifs is 2. The highest BCUT2D eigenvalue weighted by Gasteiger charge is 2.54. The minimum atomic E-state index is -2.70. The second-order valence-corrected chi connectivity index (χ2v) is 7.55. The molecule has 3 aromatic heterocycles. The van der Waals surface area contributed by atoms with E-state index in [4.69, 9.17) is 0 Å². The molecule has 1 aliphatic carbocycles. The number of nitrogens with one attached hydrogen (secondary N) is 1. The first-order chi connectivity index (χ1) is 13.3. The van der Waals surface area contributed by atoms with Crippen LogP contribution in [0.25, 0.3) is 11.5 Å². The number of H-pyrrole nitrogens is 1. The second-order valence-electron chi connectivity index (χ2n) is 7.55. The lowest BCUT2D eigenvalue weighted by Gasteiger charge is -2.20. The number of carbonyl (C=O) groups is 1. The fraction of sp³-hybridized carbons (Fsp3) is 0.444. The third kappa shape index (κ3) is 2.40. The van der Waals surface area contributed by atoms with Crippen LogP contribution >= 0.6 is 0 Å². The molecule has 10 heteroatoms. The van der Waals surface area contributed by atoms with Crippen molar-refractivity contribution in [3.63, 3.8) is 0 Å². The number of aromatic nitrogens is 5. The van der Waals surface area contributed by atoms with Gasteiger partial charge in [-0.1, -0.05) is 0 Å². The maximum Gasteiger partial charge on any atom is 0.276 e. The molecule has 146 valence electrons. The maximum absolute atomic E-state index is 14.0. The Morgan fingerprint density at radius 1 is 1.36 bits per heavy atom. The molecule has 1 saturated carbocycles. The highest BCUT2D eigenvalue weighted by atomic mass is 19.3. The monoisotopic (exact) mass is 388 g/mol. The van der Waals surface area contributed by atoms with E-state index < -0.39 is 11.8 Å². The minimum Gasteiger partial charge on any atom is -0.338 e. The Bertz CT molecular complexity index is 1150. The quantitative estimate of drug-likeness (QED) is 0.723. The van der Waals surface area contributed by atoms with Gasteiger partial charge in [-0.25, -0.2) is 18.0 Å². The van der Waals surface area contributed by atoms with E-state index in [9.17, 15) is 18.4 Å². The van der Waals surface area contributed by atoms with Gasteiger partial charge in [0.2, 0.25) is 5.95 Å². The van der Waals surface area contributed by atoms with Crippen molar-refractivity contribution < 1.29 is 13.6 Å². The second kappa shape index (κ2) is 5.73. The summed E-state index contributed by atoms with van der Waals surface area (Å²) < 4.78 is 30.8. The SMILES string of the molecule is Cc1c(C(=O)N2C[C@@H]3CCC(F)(F)[C@@H]3C2)cnn1-c1nn2cccc2c(=O)[nH]1. The predicted molar refractivity (Wildman–Crippen MR) is 94.7 cm³/mol. The Labute approximate surface area is 157 Å². The normalized spacial score (nSPS) is 23.5. The summed E-state index contributed by atoms with van der Waals surface area (Å²) in [6.07, 6.45) is 3.38. The van der Waals surface area contributed by atoms with Gasteiger partial charge < -0.3 is 4.90 Å². The van der Waals surface area contributed by atoms with Gasteiger partial charge in [-0.2, -0.15) is 5.10 Å². The molecule has 1 saturated heterocycles. The third-order valence-electron chi connectivity index (χ3n) is 5.95. The molecule has 1 N–H and O–H groups in total. The van der Waals surface area contributed by atoms with Gasteiger partial charge in [0.25, 0.3) is 17.4 Å². The molecule has 5 rings (SSSR count). The van der Waals surface area contributed by atoms with E-state index in [0.717, 1.165) is 0 Å². The van der Waals surface area contributed by atoms with Crippen molar-refractivity contribution in [2.24, 2.45) is 11.8 Å². The van der Waals surface area contributed by atoms with Crippen LogP contribution < -0.4 is 5.56 Å². The number of alkyl halides is 2. The summed E-state index contributed by atoms with van der Waals surface area (Å²) in [5.41, 5.74) is 0.879. The summed E-state index contributed by atoms with van der Waals surface area (Å²) in [5.74, 6) is -3.76. The minimum absolute atomic E-state index is 0.0610. The predicted octanol–water partition coefficient (Wildman–Crippen LogP) is 1.63. The van der Waals surface area contributed by atoms with Crippen LogP contribution in [0.15, 0.2) is 29.3 Å². The Morgan fingerprint density at radius 3 is 2.96 bits per heavy atom. The van der Waals surface area contributed by atoms with E-state index in [1.807, 2.05) is 0 Å². The van der Waals surface area contributed by atoms with Gasteiger partial charge in [0, 0.05) is 31.6 Å². The molecule has 1 aliphatic heterocycles. The molecule has 1 amide bonds. The van der Waals surface area contributed by atoms with Crippen molar-refractivity contribution in [2.75, 3.05) is 13.1 Å². The van der Waals surface area contributed by atoms with Crippen LogP contribution in [-0.2, 0) is 0 Å². The van der Waals surface area contributed by atoms with Crippen LogP contribution in [0, 0.1) is 18.8 Å². The first-order valence-electron chi connectivity index (χ1n) is 9.15. The van der Waals surface area contributed by atoms with Crippen molar-refractivity contribution >= 4 is 11.4 Å². The van der Waals surface area contributed by atoms with Crippen molar-refractivity contribution in [3.8, 4) is 5.95 Å². The molecule has 0 spiro atoms. The standard InChI is InChI=1S/C18H18F2N6O2/c1-10-12(16(28)24-8-11-4-5-18(19,20)13(11)9-24)7-21-26(10)17-22-15(27)14-3-2-6-25(14)23-17/h2-3,6-7,11,13H,4-5,8-9H2,1H3,(H,22,23,27)/t11-,13+/m0/s1. The van der Waals surface area contributed by atoms with Gasteiger partial charge >= 0.3 is 0 Å². The molecule has 0 radical (unpaired) electrons. The van der Waals surface area contributed by atoms with Crippen molar-refractivity contribution in [1.29, 1.82) is 0 Å². The lowest BCUT2D eigenvalue weighted by Crippen LogP contribution is -2.33.